The Hall–Kier alpha value is 0.410. The van der Waals surface area contributed by atoms with Crippen molar-refractivity contribution in [3.63, 3.8) is 0 Å². The Labute approximate surface area is 191 Å². The van der Waals surface area contributed by atoms with E-state index in [0.29, 0.717) is 0 Å². The summed E-state index contributed by atoms with van der Waals surface area (Å²) in [5.41, 5.74) is 1.25. The van der Waals surface area contributed by atoms with E-state index in [1.165, 1.54) is 15.5 Å². The van der Waals surface area contributed by atoms with Crippen molar-refractivity contribution in [2.75, 3.05) is 7.11 Å². The van der Waals surface area contributed by atoms with Crippen molar-refractivity contribution in [1.29, 1.82) is 0 Å². The highest BCUT2D eigenvalue weighted by Gasteiger charge is 2.18. The molecule has 0 radical (unpaired) electrons. The summed E-state index contributed by atoms with van der Waals surface area (Å²) < 4.78 is 7.62. The molecular formula is C17H16I3NOS2. The molecule has 0 fully saturated rings. The van der Waals surface area contributed by atoms with Gasteiger partial charge in [-0.05, 0) is 29.5 Å². The number of methoxy groups -OCH3 is 1. The van der Waals surface area contributed by atoms with Gasteiger partial charge in [0.1, 0.15) is 22.2 Å². The highest BCUT2D eigenvalue weighted by atomic mass is 128. The fraction of sp³-hybridized carbons (Fsp3) is 0.118. The molecule has 7 heteroatoms. The molecule has 24 heavy (non-hydrogen) atoms. The minimum absolute atomic E-state index is 0. The van der Waals surface area contributed by atoms with Crippen molar-refractivity contribution in [3.8, 4) is 16.2 Å². The molecule has 0 bridgehead atoms. The van der Waals surface area contributed by atoms with Crippen LogP contribution in [0.5, 0.6) is 5.75 Å². The minimum Gasteiger partial charge on any atom is -1.00 e. The van der Waals surface area contributed by atoms with Gasteiger partial charge >= 0.3 is 0 Å². The molecular weight excluding hydrogens is 679 g/mol. The Morgan fingerprint density at radius 3 is 2.29 bits per heavy atom. The van der Waals surface area contributed by atoms with E-state index in [2.05, 4.69) is 84.6 Å². The third-order valence-corrected chi connectivity index (χ3v) is 5.44. The molecule has 1 heterocycles. The Kier molecular flexibility index (Phi) is 11.1. The van der Waals surface area contributed by atoms with E-state index < -0.39 is 0 Å². The van der Waals surface area contributed by atoms with Crippen LogP contribution < -0.4 is 32.7 Å². The number of benzene rings is 2. The van der Waals surface area contributed by atoms with Gasteiger partial charge in [-0.3, -0.25) is 0 Å². The Balaban J connectivity index is 0.000000925. The van der Waals surface area contributed by atoms with Crippen LogP contribution in [0.3, 0.4) is 0 Å². The molecule has 0 aliphatic rings. The first-order valence-electron chi connectivity index (χ1n) is 6.79. The summed E-state index contributed by atoms with van der Waals surface area (Å²) in [7, 11) is 3.80. The van der Waals surface area contributed by atoms with Crippen LogP contribution >= 0.6 is 60.5 Å². The maximum Gasteiger partial charge on any atom is 0.259 e. The van der Waals surface area contributed by atoms with Crippen molar-refractivity contribution < 1.29 is 32.7 Å². The topological polar surface area (TPSA) is 13.1 Å². The summed E-state index contributed by atoms with van der Waals surface area (Å²) in [6.07, 6.45) is 0. The third-order valence-electron chi connectivity index (χ3n) is 3.14. The number of hydrogen-bond donors (Lipinski definition) is 0. The van der Waals surface area contributed by atoms with Gasteiger partial charge < -0.3 is 28.7 Å². The molecule has 0 saturated carbocycles. The lowest BCUT2D eigenvalue weighted by molar-refractivity contribution is -0.640. The highest BCUT2D eigenvalue weighted by Crippen LogP contribution is 2.36. The average molecular weight is 695 g/mol. The van der Waals surface area contributed by atoms with Crippen LogP contribution in [-0.2, 0) is 7.05 Å². The SMILES string of the molecule is COc1ccccc1Sc1cc(-c2ccccc2)s[n+]1C.II.[I-]. The van der Waals surface area contributed by atoms with Crippen LogP contribution in [0.15, 0.2) is 70.6 Å². The third kappa shape index (κ3) is 5.99. The van der Waals surface area contributed by atoms with Crippen molar-refractivity contribution >= 4 is 60.5 Å². The van der Waals surface area contributed by atoms with Gasteiger partial charge in [0.05, 0.1) is 12.0 Å². The molecule has 0 saturated heterocycles. The number of ether oxygens (including phenoxy) is 1. The molecule has 3 aromatic rings. The largest absolute Gasteiger partial charge is 1.00 e. The number of hydrogen-bond acceptors (Lipinski definition) is 3. The van der Waals surface area contributed by atoms with E-state index in [0.717, 1.165) is 10.6 Å². The number of halogens is 3. The van der Waals surface area contributed by atoms with Gasteiger partial charge in [-0.15, -0.1) is 3.96 Å². The monoisotopic (exact) mass is 695 g/mol. The first-order valence-corrected chi connectivity index (χ1v) is 14.7. The van der Waals surface area contributed by atoms with Crippen molar-refractivity contribution in [2.24, 2.45) is 7.05 Å². The smallest absolute Gasteiger partial charge is 0.259 e. The maximum atomic E-state index is 5.42. The van der Waals surface area contributed by atoms with Gasteiger partial charge in [0, 0.05) is 43.3 Å². The zero-order chi connectivity index (χ0) is 16.7. The number of para-hydroxylation sites is 1. The second-order valence-electron chi connectivity index (χ2n) is 4.55. The molecule has 0 spiro atoms. The lowest BCUT2D eigenvalue weighted by atomic mass is 10.2. The normalized spacial score (nSPS) is 9.50. The van der Waals surface area contributed by atoms with Crippen molar-refractivity contribution in [3.05, 3.63) is 60.7 Å². The zero-order valence-corrected chi connectivity index (χ0v) is 21.2. The lowest BCUT2D eigenvalue weighted by Crippen LogP contribution is -3.00. The Morgan fingerprint density at radius 2 is 1.62 bits per heavy atom. The second kappa shape index (κ2) is 11.9. The van der Waals surface area contributed by atoms with E-state index >= 15 is 0 Å². The van der Waals surface area contributed by atoms with Crippen LogP contribution in [0, 0.1) is 0 Å². The zero-order valence-electron chi connectivity index (χ0n) is 13.1. The molecule has 0 unspecified atom stereocenters. The van der Waals surface area contributed by atoms with Crippen LogP contribution in [0.25, 0.3) is 10.4 Å². The molecule has 0 aliphatic heterocycles. The van der Waals surface area contributed by atoms with Gasteiger partial charge in [-0.2, -0.15) is 0 Å². The van der Waals surface area contributed by atoms with Gasteiger partial charge in [0.25, 0.3) is 5.03 Å². The molecule has 2 nitrogen and oxygen atoms in total. The van der Waals surface area contributed by atoms with E-state index in [4.69, 9.17) is 4.74 Å². The second-order valence-corrected chi connectivity index (χ2v) is 6.79. The van der Waals surface area contributed by atoms with Crippen molar-refractivity contribution in [1.82, 2.24) is 0 Å². The standard InChI is InChI=1S/C17H16NOS2.I2.HI/c1-18-17(20-15-11-7-6-10-14(15)19-2)12-16(21-18)13-8-4-3-5-9-13;1-2;/h3-12H,1-2H3;;1H/q+1;;/p-1. The van der Waals surface area contributed by atoms with E-state index in [1.54, 1.807) is 30.4 Å². The molecule has 0 N–H and O–H groups in total. The quantitative estimate of drug-likeness (QED) is 0.308. The molecule has 128 valence electrons. The maximum absolute atomic E-state index is 5.42. The summed E-state index contributed by atoms with van der Waals surface area (Å²) in [6, 6.07) is 20.8. The highest BCUT2D eigenvalue weighted by molar-refractivity contribution is 15.0. The summed E-state index contributed by atoms with van der Waals surface area (Å²) in [6.45, 7) is 0. The van der Waals surface area contributed by atoms with Gasteiger partial charge in [-0.1, -0.05) is 42.5 Å². The molecule has 2 aromatic carbocycles. The summed E-state index contributed by atoms with van der Waals surface area (Å²) in [5, 5.41) is 1.21. The van der Waals surface area contributed by atoms with Crippen LogP contribution in [0.2, 0.25) is 0 Å². The summed E-state index contributed by atoms with van der Waals surface area (Å²) in [5.74, 6) is 0.912. The minimum atomic E-state index is 0. The Morgan fingerprint density at radius 1 is 1.00 bits per heavy atom. The fourth-order valence-corrected chi connectivity index (χ4v) is 4.14. The number of aryl methyl sites for hydroxylation is 1. The van der Waals surface area contributed by atoms with Gasteiger partial charge in [0.15, 0.2) is 7.05 Å². The van der Waals surface area contributed by atoms with Crippen molar-refractivity contribution in [2.45, 2.75) is 9.92 Å². The molecule has 3 rings (SSSR count). The van der Waals surface area contributed by atoms with Crippen LogP contribution in [0.1, 0.15) is 0 Å². The molecule has 0 aliphatic carbocycles. The van der Waals surface area contributed by atoms with E-state index in [1.807, 2.05) is 24.3 Å². The molecule has 1 aromatic heterocycles. The number of nitrogens with zero attached hydrogens (tertiary/aromatic N) is 1. The molecule has 0 amide bonds. The van der Waals surface area contributed by atoms with Crippen LogP contribution in [0.4, 0.5) is 0 Å². The number of rotatable bonds is 4. The Bertz CT molecular complexity index is 751. The van der Waals surface area contributed by atoms with E-state index in [9.17, 15) is 0 Å². The van der Waals surface area contributed by atoms with Gasteiger partial charge in [-0.25, -0.2) is 0 Å². The first-order chi connectivity index (χ1) is 11.3. The summed E-state index contributed by atoms with van der Waals surface area (Å²) in [4.78, 5) is 2.41. The predicted octanol–water partition coefficient (Wildman–Crippen LogP) is 3.17. The first kappa shape index (κ1) is 22.5. The lowest BCUT2D eigenvalue weighted by Gasteiger charge is -2.04. The average Bonchev–Trinajstić information content (AvgIpc) is 2.99. The van der Waals surface area contributed by atoms with E-state index in [-0.39, 0.29) is 24.0 Å². The van der Waals surface area contributed by atoms with Crippen LogP contribution in [-0.4, -0.2) is 7.11 Å². The number of aromatic nitrogens is 1. The molecule has 0 atom stereocenters. The van der Waals surface area contributed by atoms with Gasteiger partial charge in [0.2, 0.25) is 0 Å². The predicted molar refractivity (Wildman–Crippen MR) is 116 cm³/mol. The summed E-state index contributed by atoms with van der Waals surface area (Å²) >= 11 is 7.72. The fourth-order valence-electron chi connectivity index (χ4n) is 2.07.